The third-order valence-electron chi connectivity index (χ3n) is 7.26. The van der Waals surface area contributed by atoms with Crippen LogP contribution in [0.25, 0.3) is 11.1 Å². The van der Waals surface area contributed by atoms with Gasteiger partial charge in [0.1, 0.15) is 23.3 Å². The van der Waals surface area contributed by atoms with Crippen molar-refractivity contribution in [3.8, 4) is 0 Å². The number of piperidine rings is 1. The first-order valence-electron chi connectivity index (χ1n) is 13.5. The Morgan fingerprint density at radius 3 is 2.66 bits per heavy atom. The standard InChI is InChI=1S/C28H39N7O3/c1-19-20(2)29-18-30-26(19)34-13-11-33(12-14-34)17-25-32-23-9-8-22(15-24(23)37-25)35-10-6-7-21(16-35)31-27(36)38-28(3,4)5/h8-9,15,18,21H,6-7,10-14,16-17H2,1-5H3,(H,31,36)/t21-/m0/s1. The SMILES string of the molecule is Cc1ncnc(N2CCN(Cc3nc4ccc(N5CCC[C@H](NC(=O)OC(C)(C)C)C5)cc4o3)CC2)c1C. The number of aryl methyl sites for hydroxylation is 1. The summed E-state index contributed by atoms with van der Waals surface area (Å²) in [6, 6.07) is 6.24. The first kappa shape index (κ1) is 26.2. The molecule has 2 aromatic heterocycles. The molecule has 0 unspecified atom stereocenters. The molecule has 4 heterocycles. The van der Waals surface area contributed by atoms with E-state index in [0.717, 1.165) is 91.9 Å². The minimum Gasteiger partial charge on any atom is -0.444 e. The highest BCUT2D eigenvalue weighted by Gasteiger charge is 2.25. The van der Waals surface area contributed by atoms with E-state index in [9.17, 15) is 4.79 Å². The average Bonchev–Trinajstić information content (AvgIpc) is 3.27. The number of fused-ring (bicyclic) bond motifs is 1. The van der Waals surface area contributed by atoms with Gasteiger partial charge in [-0.1, -0.05) is 0 Å². The molecular formula is C28H39N7O3. The van der Waals surface area contributed by atoms with Crippen LogP contribution in [0.2, 0.25) is 0 Å². The number of oxazole rings is 1. The lowest BCUT2D eigenvalue weighted by atomic mass is 10.0. The van der Waals surface area contributed by atoms with Crippen molar-refractivity contribution in [2.75, 3.05) is 49.1 Å². The molecule has 204 valence electrons. The first-order valence-corrected chi connectivity index (χ1v) is 13.5. The Labute approximate surface area is 224 Å². The number of carbonyl (C=O) groups excluding carboxylic acids is 1. The van der Waals surface area contributed by atoms with E-state index in [2.05, 4.69) is 49.0 Å². The van der Waals surface area contributed by atoms with E-state index in [4.69, 9.17) is 14.1 Å². The number of alkyl carbamates (subject to hydrolysis) is 1. The van der Waals surface area contributed by atoms with Gasteiger partial charge in [-0.2, -0.15) is 0 Å². The Kier molecular flexibility index (Phi) is 7.43. The van der Waals surface area contributed by atoms with Crippen LogP contribution in [-0.2, 0) is 11.3 Å². The number of amides is 1. The number of piperazine rings is 1. The summed E-state index contributed by atoms with van der Waals surface area (Å²) in [4.78, 5) is 32.8. The number of hydrogen-bond donors (Lipinski definition) is 1. The van der Waals surface area contributed by atoms with Crippen LogP contribution >= 0.6 is 0 Å². The summed E-state index contributed by atoms with van der Waals surface area (Å²) in [6.07, 6.45) is 3.23. The summed E-state index contributed by atoms with van der Waals surface area (Å²) >= 11 is 0. The lowest BCUT2D eigenvalue weighted by Crippen LogP contribution is -2.49. The quantitative estimate of drug-likeness (QED) is 0.533. The van der Waals surface area contributed by atoms with Crippen LogP contribution in [0.15, 0.2) is 28.9 Å². The number of benzene rings is 1. The van der Waals surface area contributed by atoms with Crippen LogP contribution in [0.4, 0.5) is 16.3 Å². The molecule has 5 rings (SSSR count). The molecule has 0 aliphatic carbocycles. The summed E-state index contributed by atoms with van der Waals surface area (Å²) < 4.78 is 11.6. The molecule has 0 saturated carbocycles. The van der Waals surface area contributed by atoms with E-state index in [1.807, 2.05) is 33.8 Å². The van der Waals surface area contributed by atoms with Crippen molar-refractivity contribution in [3.05, 3.63) is 41.7 Å². The zero-order valence-corrected chi connectivity index (χ0v) is 23.2. The Balaban J connectivity index is 1.18. The van der Waals surface area contributed by atoms with Gasteiger partial charge in [-0.05, 0) is 59.6 Å². The van der Waals surface area contributed by atoms with Crippen LogP contribution in [-0.4, -0.2) is 76.9 Å². The number of ether oxygens (including phenoxy) is 1. The van der Waals surface area contributed by atoms with Crippen molar-refractivity contribution in [3.63, 3.8) is 0 Å². The summed E-state index contributed by atoms with van der Waals surface area (Å²) in [5, 5.41) is 3.03. The van der Waals surface area contributed by atoms with Crippen LogP contribution in [0.5, 0.6) is 0 Å². The monoisotopic (exact) mass is 521 g/mol. The predicted molar refractivity (Wildman–Crippen MR) is 148 cm³/mol. The van der Waals surface area contributed by atoms with E-state index >= 15 is 0 Å². The van der Waals surface area contributed by atoms with Crippen molar-refractivity contribution in [2.24, 2.45) is 0 Å². The molecule has 0 bridgehead atoms. The maximum atomic E-state index is 12.2. The maximum absolute atomic E-state index is 12.2. The predicted octanol–water partition coefficient (Wildman–Crippen LogP) is 4.05. The zero-order chi connectivity index (χ0) is 26.9. The summed E-state index contributed by atoms with van der Waals surface area (Å²) in [5.41, 5.74) is 4.43. The van der Waals surface area contributed by atoms with Gasteiger partial charge < -0.3 is 24.3 Å². The lowest BCUT2D eigenvalue weighted by molar-refractivity contribution is 0.0500. The van der Waals surface area contributed by atoms with Crippen molar-refractivity contribution in [1.82, 2.24) is 25.2 Å². The molecule has 10 heteroatoms. The number of rotatable bonds is 5. The minimum absolute atomic E-state index is 0.0494. The van der Waals surface area contributed by atoms with Gasteiger partial charge in [-0.25, -0.2) is 19.7 Å². The highest BCUT2D eigenvalue weighted by Crippen LogP contribution is 2.27. The van der Waals surface area contributed by atoms with E-state index < -0.39 is 5.60 Å². The second kappa shape index (κ2) is 10.8. The second-order valence-electron chi connectivity index (χ2n) is 11.4. The molecule has 3 aromatic rings. The number of aromatic nitrogens is 3. The Bertz CT molecular complexity index is 1280. The van der Waals surface area contributed by atoms with Gasteiger partial charge in [0.15, 0.2) is 5.58 Å². The molecule has 0 radical (unpaired) electrons. The topological polar surface area (TPSA) is 99.9 Å². The summed E-state index contributed by atoms with van der Waals surface area (Å²) in [7, 11) is 0. The average molecular weight is 522 g/mol. The van der Waals surface area contributed by atoms with E-state index in [1.165, 1.54) is 0 Å². The van der Waals surface area contributed by atoms with Gasteiger partial charge in [-0.15, -0.1) is 0 Å². The molecule has 0 spiro atoms. The van der Waals surface area contributed by atoms with Crippen LogP contribution in [0.1, 0.15) is 50.8 Å². The molecule has 1 aromatic carbocycles. The van der Waals surface area contributed by atoms with Crippen molar-refractivity contribution in [1.29, 1.82) is 0 Å². The molecule has 2 fully saturated rings. The van der Waals surface area contributed by atoms with Gasteiger partial charge in [0.05, 0.1) is 6.54 Å². The zero-order valence-electron chi connectivity index (χ0n) is 23.2. The third kappa shape index (κ3) is 6.18. The van der Waals surface area contributed by atoms with Crippen molar-refractivity contribution >= 4 is 28.7 Å². The van der Waals surface area contributed by atoms with E-state index in [1.54, 1.807) is 6.33 Å². The van der Waals surface area contributed by atoms with Crippen LogP contribution < -0.4 is 15.1 Å². The molecule has 1 atom stereocenters. The summed E-state index contributed by atoms with van der Waals surface area (Å²) in [6.45, 7) is 15.8. The largest absolute Gasteiger partial charge is 0.444 e. The molecule has 1 N–H and O–H groups in total. The fourth-order valence-corrected chi connectivity index (χ4v) is 5.18. The second-order valence-corrected chi connectivity index (χ2v) is 11.4. The number of carbonyl (C=O) groups is 1. The molecule has 10 nitrogen and oxygen atoms in total. The van der Waals surface area contributed by atoms with Gasteiger partial charge in [-0.3, -0.25) is 4.90 Å². The van der Waals surface area contributed by atoms with Gasteiger partial charge in [0, 0.05) is 68.3 Å². The van der Waals surface area contributed by atoms with E-state index in [0.29, 0.717) is 6.54 Å². The molecule has 1 amide bonds. The van der Waals surface area contributed by atoms with Crippen LogP contribution in [0.3, 0.4) is 0 Å². The van der Waals surface area contributed by atoms with Crippen molar-refractivity contribution in [2.45, 2.75) is 65.6 Å². The molecule has 38 heavy (non-hydrogen) atoms. The molecule has 2 saturated heterocycles. The smallest absolute Gasteiger partial charge is 0.407 e. The van der Waals surface area contributed by atoms with Crippen LogP contribution in [0, 0.1) is 13.8 Å². The number of anilines is 2. The van der Waals surface area contributed by atoms with Gasteiger partial charge in [0.2, 0.25) is 5.89 Å². The fourth-order valence-electron chi connectivity index (χ4n) is 5.18. The van der Waals surface area contributed by atoms with E-state index in [-0.39, 0.29) is 12.1 Å². The fraction of sp³-hybridized carbons (Fsp3) is 0.571. The molecule has 2 aliphatic heterocycles. The first-order chi connectivity index (χ1) is 18.1. The van der Waals surface area contributed by atoms with Gasteiger partial charge in [0.25, 0.3) is 0 Å². The lowest BCUT2D eigenvalue weighted by Gasteiger charge is -2.35. The third-order valence-corrected chi connectivity index (χ3v) is 7.26. The Hall–Kier alpha value is -3.40. The Morgan fingerprint density at radius 1 is 1.11 bits per heavy atom. The minimum atomic E-state index is -0.504. The highest BCUT2D eigenvalue weighted by molar-refractivity contribution is 5.77. The molecular weight excluding hydrogens is 482 g/mol. The van der Waals surface area contributed by atoms with Crippen molar-refractivity contribution < 1.29 is 13.9 Å². The summed E-state index contributed by atoms with van der Waals surface area (Å²) in [5.74, 6) is 1.77. The number of nitrogens with zero attached hydrogens (tertiary/aromatic N) is 6. The number of hydrogen-bond acceptors (Lipinski definition) is 9. The number of nitrogens with one attached hydrogen (secondary N) is 1. The van der Waals surface area contributed by atoms with Gasteiger partial charge >= 0.3 is 6.09 Å². The maximum Gasteiger partial charge on any atom is 0.407 e. The normalized spacial score (nSPS) is 19.1. The molecule has 2 aliphatic rings. The Morgan fingerprint density at radius 2 is 1.89 bits per heavy atom. The highest BCUT2D eigenvalue weighted by atomic mass is 16.6.